The summed E-state index contributed by atoms with van der Waals surface area (Å²) in [5.41, 5.74) is 0.972. The van der Waals surface area contributed by atoms with Crippen molar-refractivity contribution in [2.75, 3.05) is 5.32 Å². The zero-order valence-electron chi connectivity index (χ0n) is 11.4. The van der Waals surface area contributed by atoms with Gasteiger partial charge in [-0.2, -0.15) is 0 Å². The molecule has 2 aromatic carbocycles. The van der Waals surface area contributed by atoms with Crippen LogP contribution in [0.2, 0.25) is 0 Å². The van der Waals surface area contributed by atoms with Gasteiger partial charge in [-0.05, 0) is 17.7 Å². The molecule has 0 aliphatic heterocycles. The third kappa shape index (κ3) is 4.76. The maximum absolute atomic E-state index is 13.6. The highest BCUT2D eigenvalue weighted by Gasteiger charge is 2.15. The number of anilines is 1. The van der Waals surface area contributed by atoms with Crippen molar-refractivity contribution in [3.05, 3.63) is 59.9 Å². The number of rotatable bonds is 5. The molecule has 0 aliphatic rings. The van der Waals surface area contributed by atoms with E-state index in [1.807, 2.05) is 18.2 Å². The average molecular weight is 305 g/mol. The normalized spacial score (nSPS) is 9.95. The summed E-state index contributed by atoms with van der Waals surface area (Å²) in [4.78, 5) is 11.6. The molecule has 0 aromatic heterocycles. The largest absolute Gasteiger partial charge is 0.707 e. The van der Waals surface area contributed by atoms with E-state index >= 15 is 0 Å². The van der Waals surface area contributed by atoms with Crippen molar-refractivity contribution in [1.29, 1.82) is 0 Å². The second-order valence-electron chi connectivity index (χ2n) is 4.28. The molecule has 0 saturated carbocycles. The van der Waals surface area contributed by atoms with Crippen LogP contribution in [-0.2, 0) is 11.3 Å². The van der Waals surface area contributed by atoms with E-state index in [0.29, 0.717) is 0 Å². The molecule has 0 fully saturated rings. The van der Waals surface area contributed by atoms with Crippen LogP contribution in [0, 0.1) is 5.82 Å². The Morgan fingerprint density at radius 2 is 1.91 bits per heavy atom. The molecular formula is C14H13BFNO5. The van der Waals surface area contributed by atoms with Crippen molar-refractivity contribution < 1.29 is 28.6 Å². The van der Waals surface area contributed by atoms with Crippen LogP contribution in [0.3, 0.4) is 0 Å². The Kier molecular flexibility index (Phi) is 5.34. The van der Waals surface area contributed by atoms with Crippen molar-refractivity contribution in [3.8, 4) is 5.75 Å². The van der Waals surface area contributed by atoms with Gasteiger partial charge in [-0.25, -0.2) is 9.18 Å². The van der Waals surface area contributed by atoms with E-state index in [2.05, 4.69) is 9.97 Å². The molecule has 0 unspecified atom stereocenters. The molecule has 6 nitrogen and oxygen atoms in total. The van der Waals surface area contributed by atoms with Gasteiger partial charge in [0.2, 0.25) is 0 Å². The molecule has 0 atom stereocenters. The summed E-state index contributed by atoms with van der Waals surface area (Å²) in [6.45, 7) is 0.0903. The van der Waals surface area contributed by atoms with Crippen LogP contribution in [0.15, 0.2) is 48.5 Å². The number of carbonyl (C=O) groups excluding carboxylic acids is 1. The maximum atomic E-state index is 13.6. The Morgan fingerprint density at radius 1 is 1.18 bits per heavy atom. The third-order valence-electron chi connectivity index (χ3n) is 2.62. The molecule has 2 rings (SSSR count). The van der Waals surface area contributed by atoms with Crippen LogP contribution in [0.4, 0.5) is 14.9 Å². The van der Waals surface area contributed by atoms with Gasteiger partial charge < -0.3 is 19.4 Å². The second-order valence-corrected chi connectivity index (χ2v) is 4.28. The number of hydrogen-bond acceptors (Lipinski definition) is 5. The Bertz CT molecular complexity index is 638. The molecular weight excluding hydrogens is 292 g/mol. The Hall–Kier alpha value is -2.58. The fourth-order valence-electron chi connectivity index (χ4n) is 1.66. The zero-order valence-corrected chi connectivity index (χ0v) is 11.4. The number of amides is 1. The molecule has 0 bridgehead atoms. The average Bonchev–Trinajstić information content (AvgIpc) is 2.49. The van der Waals surface area contributed by atoms with Gasteiger partial charge in [0.15, 0.2) is 5.82 Å². The van der Waals surface area contributed by atoms with Crippen molar-refractivity contribution >= 4 is 19.1 Å². The molecule has 0 aliphatic carbocycles. The summed E-state index contributed by atoms with van der Waals surface area (Å²) in [5.74, 6) is -1.20. The van der Waals surface area contributed by atoms with Crippen LogP contribution in [0.1, 0.15) is 5.56 Å². The summed E-state index contributed by atoms with van der Waals surface area (Å²) < 4.78 is 23.0. The van der Waals surface area contributed by atoms with E-state index in [1.165, 1.54) is 6.07 Å². The number of ether oxygens (including phenoxy) is 1. The highest BCUT2D eigenvalue weighted by atomic mass is 19.1. The zero-order chi connectivity index (χ0) is 15.9. The molecule has 0 saturated heterocycles. The maximum Gasteiger partial charge on any atom is 0.707 e. The lowest BCUT2D eigenvalue weighted by atomic mass is 10.2. The number of nitrogens with one attached hydrogen (secondary N) is 1. The predicted octanol–water partition coefficient (Wildman–Crippen LogP) is 1.92. The first-order chi connectivity index (χ1) is 10.5. The fourth-order valence-corrected chi connectivity index (χ4v) is 1.66. The van der Waals surface area contributed by atoms with E-state index in [0.717, 1.165) is 17.7 Å². The number of benzene rings is 2. The molecule has 114 valence electrons. The highest BCUT2D eigenvalue weighted by molar-refractivity contribution is 6.33. The quantitative estimate of drug-likeness (QED) is 0.735. The summed E-state index contributed by atoms with van der Waals surface area (Å²) in [6.07, 6.45) is -0.737. The molecule has 1 amide bonds. The lowest BCUT2D eigenvalue weighted by molar-refractivity contribution is 0.155. The summed E-state index contributed by atoms with van der Waals surface area (Å²) in [6, 6.07) is 12.6. The number of halogens is 1. The van der Waals surface area contributed by atoms with Gasteiger partial charge in [0.1, 0.15) is 12.4 Å². The molecule has 2 aromatic rings. The number of hydrogen-bond donors (Lipinski definition) is 3. The minimum atomic E-state index is -2.12. The van der Waals surface area contributed by atoms with Gasteiger partial charge in [-0.15, -0.1) is 0 Å². The highest BCUT2D eigenvalue weighted by Crippen LogP contribution is 2.21. The monoisotopic (exact) mass is 305 g/mol. The SMILES string of the molecule is O=C(Nc1ccc(OB(O)O)c(F)c1)OCc1ccccc1. The van der Waals surface area contributed by atoms with E-state index in [4.69, 9.17) is 14.8 Å². The van der Waals surface area contributed by atoms with Gasteiger partial charge in [0.05, 0.1) is 0 Å². The number of carbonyl (C=O) groups is 1. The molecule has 8 heteroatoms. The predicted molar refractivity (Wildman–Crippen MR) is 77.5 cm³/mol. The first kappa shape index (κ1) is 15.8. The minimum absolute atomic E-state index is 0.0903. The Labute approximate surface area is 126 Å². The van der Waals surface area contributed by atoms with Crippen molar-refractivity contribution in [2.24, 2.45) is 0 Å². The van der Waals surface area contributed by atoms with E-state index < -0.39 is 19.2 Å². The summed E-state index contributed by atoms with van der Waals surface area (Å²) in [7, 11) is -2.12. The van der Waals surface area contributed by atoms with Crippen LogP contribution >= 0.6 is 0 Å². The lowest BCUT2D eigenvalue weighted by Crippen LogP contribution is -2.21. The first-order valence-electron chi connectivity index (χ1n) is 6.34. The van der Waals surface area contributed by atoms with Crippen LogP contribution in [0.5, 0.6) is 5.75 Å². The van der Waals surface area contributed by atoms with Crippen LogP contribution in [0.25, 0.3) is 0 Å². The van der Waals surface area contributed by atoms with Crippen LogP contribution in [-0.4, -0.2) is 23.5 Å². The van der Waals surface area contributed by atoms with Gasteiger partial charge in [-0.3, -0.25) is 5.32 Å². The first-order valence-corrected chi connectivity index (χ1v) is 6.34. The van der Waals surface area contributed by atoms with E-state index in [9.17, 15) is 9.18 Å². The topological polar surface area (TPSA) is 88.0 Å². The summed E-state index contributed by atoms with van der Waals surface area (Å²) >= 11 is 0. The Morgan fingerprint density at radius 3 is 2.55 bits per heavy atom. The fraction of sp³-hybridized carbons (Fsp3) is 0.0714. The minimum Gasteiger partial charge on any atom is -0.510 e. The Balaban J connectivity index is 1.90. The van der Waals surface area contributed by atoms with E-state index in [1.54, 1.807) is 12.1 Å². The van der Waals surface area contributed by atoms with Gasteiger partial charge in [0.25, 0.3) is 0 Å². The lowest BCUT2D eigenvalue weighted by Gasteiger charge is -2.09. The van der Waals surface area contributed by atoms with Gasteiger partial charge in [0, 0.05) is 11.8 Å². The molecule has 0 spiro atoms. The van der Waals surface area contributed by atoms with Crippen LogP contribution < -0.4 is 9.97 Å². The molecule has 0 heterocycles. The molecule has 22 heavy (non-hydrogen) atoms. The molecule has 0 radical (unpaired) electrons. The van der Waals surface area contributed by atoms with Gasteiger partial charge in [-0.1, -0.05) is 30.3 Å². The molecule has 3 N–H and O–H groups in total. The third-order valence-corrected chi connectivity index (χ3v) is 2.62. The standard InChI is InChI=1S/C14H13BFNO5/c16-12-8-11(6-7-13(12)22-15(19)20)17-14(18)21-9-10-4-2-1-3-5-10/h1-8,19-20H,9H2,(H,17,18). The van der Waals surface area contributed by atoms with Crippen molar-refractivity contribution in [2.45, 2.75) is 6.61 Å². The second kappa shape index (κ2) is 7.44. The smallest absolute Gasteiger partial charge is 0.510 e. The van der Waals surface area contributed by atoms with E-state index in [-0.39, 0.29) is 18.0 Å². The van der Waals surface area contributed by atoms with Crippen molar-refractivity contribution in [3.63, 3.8) is 0 Å². The summed E-state index contributed by atoms with van der Waals surface area (Å²) in [5, 5.41) is 19.6. The van der Waals surface area contributed by atoms with Gasteiger partial charge >= 0.3 is 13.4 Å². The van der Waals surface area contributed by atoms with Crippen molar-refractivity contribution in [1.82, 2.24) is 0 Å².